The Balaban J connectivity index is 1.55. The molecule has 1 aromatic heterocycles. The fourth-order valence-electron chi connectivity index (χ4n) is 2.34. The third-order valence-corrected chi connectivity index (χ3v) is 5.65. The molecule has 144 valence electrons. The van der Waals surface area contributed by atoms with Crippen LogP contribution in [0.15, 0.2) is 70.6 Å². The highest BCUT2D eigenvalue weighted by Gasteiger charge is 2.09. The third kappa shape index (κ3) is 5.38. The first-order chi connectivity index (χ1) is 13.3. The molecule has 3 rings (SSSR count). The second-order valence-electron chi connectivity index (χ2n) is 6.03. The summed E-state index contributed by atoms with van der Waals surface area (Å²) in [6.07, 6.45) is 0. The van der Waals surface area contributed by atoms with Crippen LogP contribution < -0.4 is 10.5 Å². The highest BCUT2D eigenvalue weighted by molar-refractivity contribution is 7.99. The molecule has 9 heteroatoms. The van der Waals surface area contributed by atoms with Gasteiger partial charge in [0, 0.05) is 11.3 Å². The van der Waals surface area contributed by atoms with Crippen LogP contribution in [0.2, 0.25) is 0 Å². The monoisotopic (exact) mass is 414 g/mol. The van der Waals surface area contributed by atoms with Gasteiger partial charge in [0.25, 0.3) is 0 Å². The molecule has 1 amide bonds. The summed E-state index contributed by atoms with van der Waals surface area (Å²) < 4.78 is 22.5. The van der Waals surface area contributed by atoms with Crippen LogP contribution in [0.4, 0.5) is 5.69 Å². The second-order valence-corrected chi connectivity index (χ2v) is 8.59. The number of amides is 1. The van der Waals surface area contributed by atoms with Crippen LogP contribution in [0.1, 0.15) is 5.56 Å². The summed E-state index contributed by atoms with van der Waals surface area (Å²) in [5, 5.41) is 16.7. The number of thioether (sulfide) groups is 1. The molecule has 0 spiro atoms. The normalized spacial score (nSPS) is 11.2. The summed E-state index contributed by atoms with van der Waals surface area (Å²) in [6, 6.07) is 17.3. The van der Waals surface area contributed by atoms with Crippen molar-refractivity contribution in [3.8, 4) is 11.3 Å². The van der Waals surface area contributed by atoms with E-state index < -0.39 is 10.0 Å². The van der Waals surface area contributed by atoms with Crippen molar-refractivity contribution >= 4 is 33.4 Å². The average molecular weight is 415 g/mol. The summed E-state index contributed by atoms with van der Waals surface area (Å²) in [7, 11) is -3.75. The van der Waals surface area contributed by atoms with Gasteiger partial charge < -0.3 is 5.32 Å². The van der Waals surface area contributed by atoms with E-state index in [1.165, 1.54) is 41.6 Å². The molecule has 28 heavy (non-hydrogen) atoms. The number of nitrogens with one attached hydrogen (secondary N) is 1. The fraction of sp³-hybridized carbons (Fsp3) is 0.105. The van der Waals surface area contributed by atoms with Gasteiger partial charge in [-0.05, 0) is 43.3 Å². The number of aromatic nitrogens is 2. The van der Waals surface area contributed by atoms with E-state index in [0.717, 1.165) is 11.3 Å². The van der Waals surface area contributed by atoms with Crippen LogP contribution in [0.5, 0.6) is 0 Å². The summed E-state index contributed by atoms with van der Waals surface area (Å²) in [5.74, 6) is -0.0899. The van der Waals surface area contributed by atoms with E-state index >= 15 is 0 Å². The molecule has 0 unspecified atom stereocenters. The lowest BCUT2D eigenvalue weighted by atomic mass is 10.1. The SMILES string of the molecule is Cc1ccc(-c2ccc(SCC(=O)Nc3ccc(S(N)(=O)=O)cc3)nn2)cc1. The van der Waals surface area contributed by atoms with Gasteiger partial charge in [0.05, 0.1) is 16.3 Å². The topological polar surface area (TPSA) is 115 Å². The molecular weight excluding hydrogens is 396 g/mol. The Hall–Kier alpha value is -2.75. The molecule has 0 saturated carbocycles. The Morgan fingerprint density at radius 3 is 2.25 bits per heavy atom. The number of sulfonamides is 1. The number of carbonyl (C=O) groups is 1. The van der Waals surface area contributed by atoms with Gasteiger partial charge in [0.1, 0.15) is 5.03 Å². The fourth-order valence-corrected chi connectivity index (χ4v) is 3.47. The zero-order valence-corrected chi connectivity index (χ0v) is 16.6. The number of aryl methyl sites for hydroxylation is 1. The first kappa shape index (κ1) is 20.0. The number of primary sulfonamides is 1. The van der Waals surface area contributed by atoms with Crippen molar-refractivity contribution < 1.29 is 13.2 Å². The Morgan fingerprint density at radius 2 is 1.68 bits per heavy atom. The number of nitrogens with zero attached hydrogens (tertiary/aromatic N) is 2. The van der Waals surface area contributed by atoms with Crippen LogP contribution in [0, 0.1) is 6.92 Å². The quantitative estimate of drug-likeness (QED) is 0.599. The smallest absolute Gasteiger partial charge is 0.238 e. The van der Waals surface area contributed by atoms with E-state index in [4.69, 9.17) is 5.14 Å². The molecule has 3 N–H and O–H groups in total. The molecule has 7 nitrogen and oxygen atoms in total. The Morgan fingerprint density at radius 1 is 1.00 bits per heavy atom. The number of hydrogen-bond acceptors (Lipinski definition) is 6. The predicted molar refractivity (Wildman–Crippen MR) is 109 cm³/mol. The lowest BCUT2D eigenvalue weighted by Gasteiger charge is -2.06. The summed E-state index contributed by atoms with van der Waals surface area (Å²) >= 11 is 1.26. The molecular formula is C19H18N4O3S2. The molecule has 0 radical (unpaired) electrons. The number of anilines is 1. The van der Waals surface area contributed by atoms with E-state index in [-0.39, 0.29) is 16.6 Å². The number of rotatable bonds is 6. The molecule has 0 aliphatic heterocycles. The van der Waals surface area contributed by atoms with Crippen LogP contribution in [0.3, 0.4) is 0 Å². The zero-order valence-electron chi connectivity index (χ0n) is 15.0. The maximum atomic E-state index is 12.1. The highest BCUT2D eigenvalue weighted by Crippen LogP contribution is 2.20. The summed E-state index contributed by atoms with van der Waals surface area (Å²) in [5.41, 5.74) is 3.41. The molecule has 0 aliphatic carbocycles. The highest BCUT2D eigenvalue weighted by atomic mass is 32.2. The van der Waals surface area contributed by atoms with Crippen LogP contribution >= 0.6 is 11.8 Å². The van der Waals surface area contributed by atoms with Gasteiger partial charge in [-0.2, -0.15) is 0 Å². The second kappa shape index (κ2) is 8.51. The number of carbonyl (C=O) groups excluding carboxylic acids is 1. The molecule has 3 aromatic rings. The average Bonchev–Trinajstić information content (AvgIpc) is 2.67. The van der Waals surface area contributed by atoms with Crippen LogP contribution in [-0.2, 0) is 14.8 Å². The standard InChI is InChI=1S/C19H18N4O3S2/c1-13-2-4-14(5-3-13)17-10-11-19(23-22-17)27-12-18(24)21-15-6-8-16(9-7-15)28(20,25)26/h2-11H,12H2,1H3,(H,21,24)(H2,20,25,26). The third-order valence-electron chi connectivity index (χ3n) is 3.81. The molecule has 1 heterocycles. The van der Waals surface area contributed by atoms with Gasteiger partial charge >= 0.3 is 0 Å². The molecule has 0 atom stereocenters. The molecule has 0 fully saturated rings. The van der Waals surface area contributed by atoms with Crippen molar-refractivity contribution in [3.63, 3.8) is 0 Å². The zero-order chi connectivity index (χ0) is 20.1. The molecule has 0 aliphatic rings. The minimum Gasteiger partial charge on any atom is -0.325 e. The van der Waals surface area contributed by atoms with E-state index in [1.54, 1.807) is 0 Å². The number of hydrogen-bond donors (Lipinski definition) is 2. The lowest BCUT2D eigenvalue weighted by Crippen LogP contribution is -2.15. The van der Waals surface area contributed by atoms with Gasteiger partial charge in [-0.3, -0.25) is 4.79 Å². The lowest BCUT2D eigenvalue weighted by molar-refractivity contribution is -0.113. The maximum Gasteiger partial charge on any atom is 0.238 e. The van der Waals surface area contributed by atoms with E-state index in [1.807, 2.05) is 43.3 Å². The predicted octanol–water partition coefficient (Wildman–Crippen LogP) is 2.83. The Kier molecular flexibility index (Phi) is 6.08. The van der Waals surface area contributed by atoms with Crippen molar-refractivity contribution in [1.82, 2.24) is 10.2 Å². The van der Waals surface area contributed by atoms with Gasteiger partial charge in [-0.25, -0.2) is 13.6 Å². The summed E-state index contributed by atoms with van der Waals surface area (Å²) in [4.78, 5) is 12.1. The first-order valence-electron chi connectivity index (χ1n) is 8.27. The van der Waals surface area contributed by atoms with Gasteiger partial charge in [0.15, 0.2) is 0 Å². The minimum atomic E-state index is -3.75. The Labute approximate surface area is 167 Å². The molecule has 0 saturated heterocycles. The molecule has 0 bridgehead atoms. The van der Waals surface area contributed by atoms with Crippen molar-refractivity contribution in [2.45, 2.75) is 16.8 Å². The van der Waals surface area contributed by atoms with Crippen LogP contribution in [0.25, 0.3) is 11.3 Å². The Bertz CT molecular complexity index is 1070. The summed E-state index contributed by atoms with van der Waals surface area (Å²) in [6.45, 7) is 2.02. The first-order valence-corrected chi connectivity index (χ1v) is 10.8. The van der Waals surface area contributed by atoms with E-state index in [0.29, 0.717) is 10.7 Å². The minimum absolute atomic E-state index is 0.0104. The van der Waals surface area contributed by atoms with Gasteiger partial charge in [-0.1, -0.05) is 41.6 Å². The number of benzene rings is 2. The van der Waals surface area contributed by atoms with Gasteiger partial charge in [0.2, 0.25) is 15.9 Å². The van der Waals surface area contributed by atoms with Gasteiger partial charge in [-0.15, -0.1) is 10.2 Å². The van der Waals surface area contributed by atoms with Crippen molar-refractivity contribution in [2.75, 3.05) is 11.1 Å². The van der Waals surface area contributed by atoms with Crippen LogP contribution in [-0.4, -0.2) is 30.3 Å². The van der Waals surface area contributed by atoms with E-state index in [2.05, 4.69) is 15.5 Å². The van der Waals surface area contributed by atoms with E-state index in [9.17, 15) is 13.2 Å². The number of nitrogens with two attached hydrogens (primary N) is 1. The molecule has 2 aromatic carbocycles. The van der Waals surface area contributed by atoms with Crippen molar-refractivity contribution in [2.24, 2.45) is 5.14 Å². The van der Waals surface area contributed by atoms with Crippen molar-refractivity contribution in [1.29, 1.82) is 0 Å². The largest absolute Gasteiger partial charge is 0.325 e. The maximum absolute atomic E-state index is 12.1. The van der Waals surface area contributed by atoms with Crippen molar-refractivity contribution in [3.05, 3.63) is 66.2 Å².